The number of aliphatic hydroxyl groups is 1. The summed E-state index contributed by atoms with van der Waals surface area (Å²) in [5.74, 6) is 0.729. The largest absolute Gasteiger partial charge is 0.393 e. The summed E-state index contributed by atoms with van der Waals surface area (Å²) >= 11 is 0. The number of hydrogen-bond acceptors (Lipinski definition) is 1. The summed E-state index contributed by atoms with van der Waals surface area (Å²) in [5, 5.41) is 9.07. The van der Waals surface area contributed by atoms with Crippen molar-refractivity contribution in [3.05, 3.63) is 12.7 Å². The first-order valence-corrected chi connectivity index (χ1v) is 3.40. The van der Waals surface area contributed by atoms with Crippen LogP contribution in [0.25, 0.3) is 0 Å². The van der Waals surface area contributed by atoms with Gasteiger partial charge in [0.25, 0.3) is 0 Å². The van der Waals surface area contributed by atoms with E-state index in [9.17, 15) is 0 Å². The highest BCUT2D eigenvalue weighted by molar-refractivity contribution is 4.81. The van der Waals surface area contributed by atoms with Gasteiger partial charge in [-0.2, -0.15) is 0 Å². The number of hydrogen-bond donors (Lipinski definition) is 1. The summed E-state index contributed by atoms with van der Waals surface area (Å²) in [4.78, 5) is 0. The van der Waals surface area contributed by atoms with Gasteiger partial charge in [-0.1, -0.05) is 19.9 Å². The average molecular weight is 128 g/mol. The van der Waals surface area contributed by atoms with E-state index in [0.29, 0.717) is 11.8 Å². The minimum Gasteiger partial charge on any atom is -0.393 e. The standard InChI is InChI=1S/C8H16O/c1-5-6(2)7(3)8(4)9/h5-9H,1H2,2-4H3/t6?,7-,8-/m0/s1. The Labute approximate surface area is 57.4 Å². The second-order valence-electron chi connectivity index (χ2n) is 2.69. The molecule has 0 saturated heterocycles. The Bertz CT molecular complexity index is 86.6. The zero-order chi connectivity index (χ0) is 7.44. The lowest BCUT2D eigenvalue weighted by molar-refractivity contribution is 0.116. The normalized spacial score (nSPS) is 20.4. The summed E-state index contributed by atoms with van der Waals surface area (Å²) in [7, 11) is 0. The van der Waals surface area contributed by atoms with Crippen molar-refractivity contribution in [2.75, 3.05) is 0 Å². The molecule has 0 radical (unpaired) electrons. The number of aliphatic hydroxyl groups excluding tert-OH is 1. The Kier molecular flexibility index (Phi) is 3.55. The Balaban J connectivity index is 3.71. The van der Waals surface area contributed by atoms with E-state index in [4.69, 9.17) is 5.11 Å². The zero-order valence-corrected chi connectivity index (χ0v) is 6.46. The van der Waals surface area contributed by atoms with Crippen molar-refractivity contribution in [2.45, 2.75) is 26.9 Å². The molecule has 1 heteroatoms. The second kappa shape index (κ2) is 3.67. The van der Waals surface area contributed by atoms with E-state index >= 15 is 0 Å². The fourth-order valence-electron chi connectivity index (χ4n) is 0.654. The van der Waals surface area contributed by atoms with Gasteiger partial charge in [0, 0.05) is 0 Å². The molecular formula is C8H16O. The molecule has 0 aliphatic carbocycles. The molecule has 1 N–H and O–H groups in total. The first kappa shape index (κ1) is 8.70. The monoisotopic (exact) mass is 128 g/mol. The molecule has 54 valence electrons. The Morgan fingerprint density at radius 3 is 1.89 bits per heavy atom. The lowest BCUT2D eigenvalue weighted by atomic mass is 9.92. The van der Waals surface area contributed by atoms with Crippen LogP contribution in [-0.2, 0) is 0 Å². The molecule has 0 rings (SSSR count). The molecule has 0 bridgehead atoms. The summed E-state index contributed by atoms with van der Waals surface area (Å²) in [6.45, 7) is 9.55. The van der Waals surface area contributed by atoms with E-state index in [1.54, 1.807) is 0 Å². The lowest BCUT2D eigenvalue weighted by Crippen LogP contribution is -2.18. The van der Waals surface area contributed by atoms with Gasteiger partial charge >= 0.3 is 0 Å². The van der Waals surface area contributed by atoms with Gasteiger partial charge in [0.2, 0.25) is 0 Å². The van der Waals surface area contributed by atoms with Gasteiger partial charge in [-0.05, 0) is 18.8 Å². The molecule has 1 nitrogen and oxygen atoms in total. The highest BCUT2D eigenvalue weighted by atomic mass is 16.3. The molecule has 0 fully saturated rings. The Morgan fingerprint density at radius 2 is 1.78 bits per heavy atom. The molecule has 0 aliphatic rings. The highest BCUT2D eigenvalue weighted by Gasteiger charge is 2.13. The lowest BCUT2D eigenvalue weighted by Gasteiger charge is -2.18. The summed E-state index contributed by atoms with van der Waals surface area (Å²) in [6, 6.07) is 0. The SMILES string of the molecule is C=CC(C)[C@H](C)[C@H](C)O. The van der Waals surface area contributed by atoms with Crippen LogP contribution in [0.5, 0.6) is 0 Å². The van der Waals surface area contributed by atoms with Gasteiger partial charge in [-0.25, -0.2) is 0 Å². The van der Waals surface area contributed by atoms with Gasteiger partial charge in [0.15, 0.2) is 0 Å². The van der Waals surface area contributed by atoms with E-state index in [1.807, 2.05) is 19.9 Å². The molecule has 0 spiro atoms. The van der Waals surface area contributed by atoms with Gasteiger partial charge in [-0.3, -0.25) is 0 Å². The fourth-order valence-corrected chi connectivity index (χ4v) is 0.654. The van der Waals surface area contributed by atoms with E-state index in [-0.39, 0.29) is 6.10 Å². The molecule has 0 aromatic carbocycles. The third kappa shape index (κ3) is 2.66. The van der Waals surface area contributed by atoms with Crippen LogP contribution >= 0.6 is 0 Å². The third-order valence-electron chi connectivity index (χ3n) is 1.96. The van der Waals surface area contributed by atoms with Crippen LogP contribution in [0.4, 0.5) is 0 Å². The minimum atomic E-state index is -0.224. The Morgan fingerprint density at radius 1 is 1.33 bits per heavy atom. The van der Waals surface area contributed by atoms with E-state index < -0.39 is 0 Å². The fraction of sp³-hybridized carbons (Fsp3) is 0.750. The minimum absolute atomic E-state index is 0.224. The van der Waals surface area contributed by atoms with Gasteiger partial charge in [-0.15, -0.1) is 6.58 Å². The van der Waals surface area contributed by atoms with Crippen LogP contribution < -0.4 is 0 Å². The van der Waals surface area contributed by atoms with Crippen molar-refractivity contribution in [3.63, 3.8) is 0 Å². The number of allylic oxidation sites excluding steroid dienone is 1. The van der Waals surface area contributed by atoms with Gasteiger partial charge < -0.3 is 5.11 Å². The molecule has 0 aromatic heterocycles. The van der Waals surface area contributed by atoms with E-state index in [1.165, 1.54) is 0 Å². The smallest absolute Gasteiger partial charge is 0.0543 e. The topological polar surface area (TPSA) is 20.2 Å². The predicted molar refractivity (Wildman–Crippen MR) is 40.2 cm³/mol. The number of rotatable bonds is 3. The first-order chi connectivity index (χ1) is 4.09. The van der Waals surface area contributed by atoms with Gasteiger partial charge in [0.05, 0.1) is 6.10 Å². The molecule has 0 amide bonds. The molecular weight excluding hydrogens is 112 g/mol. The zero-order valence-electron chi connectivity index (χ0n) is 6.46. The van der Waals surface area contributed by atoms with Crippen LogP contribution in [0.15, 0.2) is 12.7 Å². The van der Waals surface area contributed by atoms with Crippen LogP contribution in [0.1, 0.15) is 20.8 Å². The molecule has 0 aromatic rings. The van der Waals surface area contributed by atoms with Crippen LogP contribution in [-0.4, -0.2) is 11.2 Å². The van der Waals surface area contributed by atoms with Crippen molar-refractivity contribution < 1.29 is 5.11 Å². The quantitative estimate of drug-likeness (QED) is 0.575. The van der Waals surface area contributed by atoms with E-state index in [0.717, 1.165) is 0 Å². The van der Waals surface area contributed by atoms with Crippen molar-refractivity contribution in [1.29, 1.82) is 0 Å². The van der Waals surface area contributed by atoms with Crippen molar-refractivity contribution in [2.24, 2.45) is 11.8 Å². The summed E-state index contributed by atoms with van der Waals surface area (Å²) in [5.41, 5.74) is 0. The maximum absolute atomic E-state index is 9.07. The molecule has 3 atom stereocenters. The second-order valence-corrected chi connectivity index (χ2v) is 2.69. The van der Waals surface area contributed by atoms with Crippen molar-refractivity contribution in [1.82, 2.24) is 0 Å². The van der Waals surface area contributed by atoms with Crippen LogP contribution in [0.2, 0.25) is 0 Å². The molecule has 0 aliphatic heterocycles. The maximum atomic E-state index is 9.07. The van der Waals surface area contributed by atoms with E-state index in [2.05, 4.69) is 13.5 Å². The van der Waals surface area contributed by atoms with Gasteiger partial charge in [0.1, 0.15) is 0 Å². The summed E-state index contributed by atoms with van der Waals surface area (Å²) < 4.78 is 0. The average Bonchev–Trinajstić information content (AvgIpc) is 1.84. The molecule has 9 heavy (non-hydrogen) atoms. The first-order valence-electron chi connectivity index (χ1n) is 3.40. The Hall–Kier alpha value is -0.300. The molecule has 1 unspecified atom stereocenters. The molecule has 0 heterocycles. The predicted octanol–water partition coefficient (Wildman–Crippen LogP) is 1.83. The van der Waals surface area contributed by atoms with Crippen molar-refractivity contribution in [3.8, 4) is 0 Å². The maximum Gasteiger partial charge on any atom is 0.0543 e. The molecule has 0 saturated carbocycles. The third-order valence-corrected chi connectivity index (χ3v) is 1.96. The van der Waals surface area contributed by atoms with Crippen molar-refractivity contribution >= 4 is 0 Å². The van der Waals surface area contributed by atoms with Crippen LogP contribution in [0, 0.1) is 11.8 Å². The summed E-state index contributed by atoms with van der Waals surface area (Å²) in [6.07, 6.45) is 1.65. The highest BCUT2D eigenvalue weighted by Crippen LogP contribution is 2.14. The van der Waals surface area contributed by atoms with Crippen LogP contribution in [0.3, 0.4) is 0 Å².